The summed E-state index contributed by atoms with van der Waals surface area (Å²) < 4.78 is 0. The van der Waals surface area contributed by atoms with Crippen molar-refractivity contribution >= 4 is 11.8 Å². The van der Waals surface area contributed by atoms with Crippen molar-refractivity contribution in [2.45, 2.75) is 64.7 Å². The molecule has 1 atom stereocenters. The molecule has 2 amide bonds. The number of unbranched alkanes of at least 4 members (excludes halogenated alkanes) is 2. The molecule has 0 N–H and O–H groups in total. The molecule has 2 aliphatic rings. The first-order chi connectivity index (χ1) is 13.1. The lowest BCUT2D eigenvalue weighted by atomic mass is 9.73. The summed E-state index contributed by atoms with van der Waals surface area (Å²) in [6, 6.07) is 5.92. The van der Waals surface area contributed by atoms with Crippen molar-refractivity contribution in [1.82, 2.24) is 14.8 Å². The van der Waals surface area contributed by atoms with Crippen molar-refractivity contribution in [3.63, 3.8) is 0 Å². The first-order valence-electron chi connectivity index (χ1n) is 10.6. The Hall–Kier alpha value is -1.91. The molecule has 1 unspecified atom stereocenters. The zero-order chi connectivity index (χ0) is 19.1. The molecule has 2 aliphatic heterocycles. The van der Waals surface area contributed by atoms with E-state index in [2.05, 4.69) is 16.8 Å². The van der Waals surface area contributed by atoms with Crippen LogP contribution >= 0.6 is 0 Å². The first-order valence-corrected chi connectivity index (χ1v) is 10.6. The minimum Gasteiger partial charge on any atom is -0.342 e. The van der Waals surface area contributed by atoms with Crippen molar-refractivity contribution in [3.05, 3.63) is 30.1 Å². The van der Waals surface area contributed by atoms with E-state index in [0.717, 1.165) is 76.8 Å². The van der Waals surface area contributed by atoms with E-state index in [1.165, 1.54) is 0 Å². The van der Waals surface area contributed by atoms with Crippen molar-refractivity contribution < 1.29 is 9.59 Å². The number of rotatable bonds is 7. The molecule has 5 heteroatoms. The molecule has 3 rings (SSSR count). The van der Waals surface area contributed by atoms with E-state index in [0.29, 0.717) is 18.7 Å². The van der Waals surface area contributed by atoms with Crippen LogP contribution in [0.5, 0.6) is 0 Å². The zero-order valence-corrected chi connectivity index (χ0v) is 16.7. The lowest BCUT2D eigenvalue weighted by Crippen LogP contribution is -2.55. The predicted molar refractivity (Wildman–Crippen MR) is 106 cm³/mol. The summed E-state index contributed by atoms with van der Waals surface area (Å²) in [7, 11) is 0. The maximum Gasteiger partial charge on any atom is 0.222 e. The summed E-state index contributed by atoms with van der Waals surface area (Å²) in [6.07, 6.45) is 10.2. The molecule has 0 aromatic carbocycles. The second kappa shape index (κ2) is 9.34. The Morgan fingerprint density at radius 2 is 2.11 bits per heavy atom. The van der Waals surface area contributed by atoms with Gasteiger partial charge in [-0.15, -0.1) is 0 Å². The highest BCUT2D eigenvalue weighted by Gasteiger charge is 2.42. The smallest absolute Gasteiger partial charge is 0.222 e. The number of carbonyl (C=O) groups is 2. The highest BCUT2D eigenvalue weighted by molar-refractivity contribution is 5.78. The molecular formula is C22H33N3O2. The highest BCUT2D eigenvalue weighted by Crippen LogP contribution is 2.39. The number of likely N-dealkylation sites (tertiary alicyclic amines) is 2. The second-order valence-electron chi connectivity index (χ2n) is 8.26. The highest BCUT2D eigenvalue weighted by atomic mass is 16.2. The summed E-state index contributed by atoms with van der Waals surface area (Å²) in [5, 5.41) is 0. The van der Waals surface area contributed by atoms with E-state index < -0.39 is 0 Å². The molecule has 1 spiro atoms. The van der Waals surface area contributed by atoms with Crippen LogP contribution in [0.3, 0.4) is 0 Å². The lowest BCUT2D eigenvalue weighted by Gasteiger charge is -2.48. The fraction of sp³-hybridized carbons (Fsp3) is 0.682. The van der Waals surface area contributed by atoms with Gasteiger partial charge in [0.05, 0.1) is 0 Å². The molecule has 148 valence electrons. The Balaban J connectivity index is 1.57. The number of pyridine rings is 1. The fourth-order valence-corrected chi connectivity index (χ4v) is 4.54. The molecule has 2 fully saturated rings. The van der Waals surface area contributed by atoms with E-state index >= 15 is 0 Å². The molecule has 1 aromatic heterocycles. The average molecular weight is 372 g/mol. The summed E-state index contributed by atoms with van der Waals surface area (Å²) >= 11 is 0. The first kappa shape index (κ1) is 19.8. The Bertz CT molecular complexity index is 634. The van der Waals surface area contributed by atoms with Gasteiger partial charge in [-0.3, -0.25) is 14.6 Å². The van der Waals surface area contributed by atoms with Crippen molar-refractivity contribution in [3.8, 4) is 0 Å². The largest absolute Gasteiger partial charge is 0.342 e. The molecular weight excluding hydrogens is 338 g/mol. The summed E-state index contributed by atoms with van der Waals surface area (Å²) in [4.78, 5) is 33.5. The Kier molecular flexibility index (Phi) is 6.86. The number of piperidine rings is 2. The van der Waals surface area contributed by atoms with Gasteiger partial charge in [-0.2, -0.15) is 0 Å². The van der Waals surface area contributed by atoms with Crippen LogP contribution in [0.1, 0.15) is 64.0 Å². The van der Waals surface area contributed by atoms with Gasteiger partial charge in [0.2, 0.25) is 11.8 Å². The summed E-state index contributed by atoms with van der Waals surface area (Å²) in [5.74, 6) is 0.558. The monoisotopic (exact) mass is 371 g/mol. The van der Waals surface area contributed by atoms with Crippen LogP contribution in [0.2, 0.25) is 0 Å². The summed E-state index contributed by atoms with van der Waals surface area (Å²) in [5.41, 5.74) is 1.12. The van der Waals surface area contributed by atoms with Gasteiger partial charge in [-0.05, 0) is 37.8 Å². The third-order valence-corrected chi connectivity index (χ3v) is 6.12. The molecule has 27 heavy (non-hydrogen) atoms. The number of carbonyl (C=O) groups excluding carboxylic acids is 2. The molecule has 1 aromatic rings. The van der Waals surface area contributed by atoms with Gasteiger partial charge in [0.15, 0.2) is 0 Å². The molecule has 0 aliphatic carbocycles. The van der Waals surface area contributed by atoms with E-state index in [4.69, 9.17) is 0 Å². The SMILES string of the molecule is CCCCCC(=O)N1CCCC2(CCC(=O)N(CCc3ccccn3)C2)C1. The van der Waals surface area contributed by atoms with Crippen LogP contribution in [0.15, 0.2) is 24.4 Å². The predicted octanol–water partition coefficient (Wildman–Crippen LogP) is 3.44. The van der Waals surface area contributed by atoms with Crippen LogP contribution in [0, 0.1) is 5.41 Å². The maximum atomic E-state index is 12.6. The van der Waals surface area contributed by atoms with Crippen molar-refractivity contribution in [2.24, 2.45) is 5.41 Å². The topological polar surface area (TPSA) is 53.5 Å². The standard InChI is InChI=1S/C22H33N3O2/c1-2-3-4-9-20(26)24-15-7-12-22(17-24)13-10-21(27)25(18-22)16-11-19-8-5-6-14-23-19/h5-6,8,14H,2-4,7,9-13,15-18H2,1H3. The maximum absolute atomic E-state index is 12.6. The van der Waals surface area contributed by atoms with Gasteiger partial charge in [0.1, 0.15) is 0 Å². The van der Waals surface area contributed by atoms with Gasteiger partial charge >= 0.3 is 0 Å². The second-order valence-corrected chi connectivity index (χ2v) is 8.26. The quantitative estimate of drug-likeness (QED) is 0.690. The van der Waals surface area contributed by atoms with Crippen molar-refractivity contribution in [2.75, 3.05) is 26.2 Å². The number of hydrogen-bond donors (Lipinski definition) is 0. The number of nitrogens with zero attached hydrogens (tertiary/aromatic N) is 3. The van der Waals surface area contributed by atoms with Gasteiger partial charge in [-0.1, -0.05) is 25.8 Å². The Morgan fingerprint density at radius 3 is 2.89 bits per heavy atom. The van der Waals surface area contributed by atoms with Gasteiger partial charge in [0, 0.05) is 62.7 Å². The van der Waals surface area contributed by atoms with Crippen molar-refractivity contribution in [1.29, 1.82) is 0 Å². The third kappa shape index (κ3) is 5.30. The number of hydrogen-bond acceptors (Lipinski definition) is 3. The molecule has 0 radical (unpaired) electrons. The normalized spacial score (nSPS) is 23.1. The third-order valence-electron chi connectivity index (χ3n) is 6.12. The average Bonchev–Trinajstić information content (AvgIpc) is 2.70. The van der Waals surface area contributed by atoms with Gasteiger partial charge < -0.3 is 9.80 Å². The molecule has 3 heterocycles. The fourth-order valence-electron chi connectivity index (χ4n) is 4.54. The minimum absolute atomic E-state index is 0.0939. The molecule has 5 nitrogen and oxygen atoms in total. The lowest BCUT2D eigenvalue weighted by molar-refractivity contribution is -0.143. The Morgan fingerprint density at radius 1 is 1.22 bits per heavy atom. The van der Waals surface area contributed by atoms with Crippen LogP contribution in [0.25, 0.3) is 0 Å². The van der Waals surface area contributed by atoms with Crippen LogP contribution in [-0.2, 0) is 16.0 Å². The van der Waals surface area contributed by atoms with E-state index in [1.807, 2.05) is 23.1 Å². The van der Waals surface area contributed by atoms with Gasteiger partial charge in [0.25, 0.3) is 0 Å². The number of amides is 2. The van der Waals surface area contributed by atoms with E-state index in [1.54, 1.807) is 6.20 Å². The minimum atomic E-state index is 0.0939. The zero-order valence-electron chi connectivity index (χ0n) is 16.7. The van der Waals surface area contributed by atoms with Crippen LogP contribution in [-0.4, -0.2) is 52.8 Å². The summed E-state index contributed by atoms with van der Waals surface area (Å²) in [6.45, 7) is 5.39. The number of aromatic nitrogens is 1. The van der Waals surface area contributed by atoms with E-state index in [9.17, 15) is 9.59 Å². The van der Waals surface area contributed by atoms with Gasteiger partial charge in [-0.25, -0.2) is 0 Å². The van der Waals surface area contributed by atoms with Crippen LogP contribution in [0.4, 0.5) is 0 Å². The molecule has 0 saturated carbocycles. The molecule has 2 saturated heterocycles. The van der Waals surface area contributed by atoms with E-state index in [-0.39, 0.29) is 11.3 Å². The van der Waals surface area contributed by atoms with Crippen LogP contribution < -0.4 is 0 Å². The Labute approximate surface area is 163 Å². The molecule has 0 bridgehead atoms.